The van der Waals surface area contributed by atoms with E-state index in [0.29, 0.717) is 16.1 Å². The van der Waals surface area contributed by atoms with Crippen molar-refractivity contribution in [1.82, 2.24) is 4.57 Å². The van der Waals surface area contributed by atoms with Crippen LogP contribution in [0.5, 0.6) is 5.75 Å². The SMILES string of the molecule is COc1ccc(C(=S)n2c(=O)oc3ccccc32)cc1. The number of hydrogen-bond acceptors (Lipinski definition) is 4. The fourth-order valence-electron chi connectivity index (χ4n) is 2.02. The van der Waals surface area contributed by atoms with Crippen molar-refractivity contribution in [2.75, 3.05) is 7.11 Å². The maximum atomic E-state index is 12.0. The highest BCUT2D eigenvalue weighted by Gasteiger charge is 2.14. The molecule has 0 spiro atoms. The molecule has 0 aliphatic rings. The minimum atomic E-state index is -0.480. The molecule has 0 aliphatic heterocycles. The van der Waals surface area contributed by atoms with Gasteiger partial charge in [0.05, 0.1) is 12.6 Å². The Bertz CT molecular complexity index is 830. The van der Waals surface area contributed by atoms with E-state index in [1.165, 1.54) is 4.57 Å². The van der Waals surface area contributed by atoms with E-state index in [1.807, 2.05) is 24.3 Å². The lowest BCUT2D eigenvalue weighted by Gasteiger charge is -2.05. The number of hydrogen-bond donors (Lipinski definition) is 0. The zero-order valence-electron chi connectivity index (χ0n) is 10.7. The van der Waals surface area contributed by atoms with Gasteiger partial charge in [-0.15, -0.1) is 0 Å². The third kappa shape index (κ3) is 2.02. The number of oxazole rings is 1. The number of nitrogens with zero attached hydrogens (tertiary/aromatic N) is 1. The Balaban J connectivity index is 2.12. The molecule has 0 saturated carbocycles. The van der Waals surface area contributed by atoms with Gasteiger partial charge in [-0.3, -0.25) is 0 Å². The first-order valence-electron chi connectivity index (χ1n) is 6.00. The molecule has 0 fully saturated rings. The second kappa shape index (κ2) is 4.94. The number of methoxy groups -OCH3 is 1. The Labute approximate surface area is 120 Å². The fraction of sp³-hybridized carbons (Fsp3) is 0.0667. The van der Waals surface area contributed by atoms with Crippen molar-refractivity contribution in [2.24, 2.45) is 0 Å². The predicted octanol–water partition coefficient (Wildman–Crippen LogP) is 2.83. The summed E-state index contributed by atoms with van der Waals surface area (Å²) in [6.45, 7) is 0. The largest absolute Gasteiger partial charge is 0.497 e. The monoisotopic (exact) mass is 285 g/mol. The van der Waals surface area contributed by atoms with Crippen LogP contribution < -0.4 is 10.5 Å². The maximum Gasteiger partial charge on any atom is 0.425 e. The molecule has 0 saturated heterocycles. The number of rotatable bonds is 2. The lowest BCUT2D eigenvalue weighted by Crippen LogP contribution is -2.22. The van der Waals surface area contributed by atoms with Crippen LogP contribution in [0.3, 0.4) is 0 Å². The van der Waals surface area contributed by atoms with E-state index < -0.39 is 5.76 Å². The first-order valence-corrected chi connectivity index (χ1v) is 6.41. The van der Waals surface area contributed by atoms with Gasteiger partial charge in [-0.2, -0.15) is 0 Å². The van der Waals surface area contributed by atoms with E-state index in [1.54, 1.807) is 31.4 Å². The Hall–Kier alpha value is -2.40. The minimum Gasteiger partial charge on any atom is -0.497 e. The van der Waals surface area contributed by atoms with E-state index in [2.05, 4.69) is 0 Å². The van der Waals surface area contributed by atoms with Crippen LogP contribution in [0.4, 0.5) is 0 Å². The van der Waals surface area contributed by atoms with Crippen LogP contribution in [-0.2, 0) is 0 Å². The van der Waals surface area contributed by atoms with E-state index in [9.17, 15) is 4.79 Å². The van der Waals surface area contributed by atoms with Gasteiger partial charge < -0.3 is 9.15 Å². The summed E-state index contributed by atoms with van der Waals surface area (Å²) in [5.41, 5.74) is 1.95. The molecule has 0 amide bonds. The molecule has 0 bridgehead atoms. The molecule has 20 heavy (non-hydrogen) atoms. The zero-order chi connectivity index (χ0) is 14.1. The quantitative estimate of drug-likeness (QED) is 0.679. The molecule has 1 aromatic heterocycles. The highest BCUT2D eigenvalue weighted by Crippen LogP contribution is 2.16. The van der Waals surface area contributed by atoms with Gasteiger partial charge in [0.1, 0.15) is 10.7 Å². The molecule has 3 aromatic rings. The maximum absolute atomic E-state index is 12.0. The summed E-state index contributed by atoms with van der Waals surface area (Å²) in [6, 6.07) is 14.4. The second-order valence-electron chi connectivity index (χ2n) is 4.20. The van der Waals surface area contributed by atoms with Crippen molar-refractivity contribution in [1.29, 1.82) is 0 Å². The summed E-state index contributed by atoms with van der Waals surface area (Å²) in [5, 5.41) is 0. The Morgan fingerprint density at radius 2 is 1.85 bits per heavy atom. The van der Waals surface area contributed by atoms with Crippen LogP contribution >= 0.6 is 12.2 Å². The lowest BCUT2D eigenvalue weighted by atomic mass is 10.2. The average Bonchev–Trinajstić information content (AvgIpc) is 2.82. The standard InChI is InChI=1S/C15H11NO3S/c1-18-11-8-6-10(7-9-11)14(20)16-12-4-2-3-5-13(12)19-15(16)17/h2-9H,1H3. The van der Waals surface area contributed by atoms with Crippen molar-refractivity contribution in [3.8, 4) is 5.75 Å². The van der Waals surface area contributed by atoms with Gasteiger partial charge in [0.25, 0.3) is 0 Å². The Kier molecular flexibility index (Phi) is 3.12. The molecular formula is C15H11NO3S. The van der Waals surface area contributed by atoms with Crippen LogP contribution in [0, 0.1) is 0 Å². The summed E-state index contributed by atoms with van der Waals surface area (Å²) in [5.74, 6) is 0.257. The van der Waals surface area contributed by atoms with Gasteiger partial charge in [0.15, 0.2) is 5.58 Å². The van der Waals surface area contributed by atoms with Crippen LogP contribution in [0.25, 0.3) is 11.1 Å². The average molecular weight is 285 g/mol. The van der Waals surface area contributed by atoms with E-state index in [-0.39, 0.29) is 0 Å². The third-order valence-corrected chi connectivity index (χ3v) is 3.44. The number of benzene rings is 2. The summed E-state index contributed by atoms with van der Waals surface area (Å²) >= 11 is 5.40. The predicted molar refractivity (Wildman–Crippen MR) is 80.6 cm³/mol. The molecule has 0 atom stereocenters. The van der Waals surface area contributed by atoms with Crippen molar-refractivity contribution in [2.45, 2.75) is 0 Å². The number of aromatic nitrogens is 1. The molecule has 2 aromatic carbocycles. The van der Waals surface area contributed by atoms with Gasteiger partial charge in [-0.25, -0.2) is 9.36 Å². The number of thiocarbonyl (C=S) groups is 1. The highest BCUT2D eigenvalue weighted by atomic mass is 32.1. The molecule has 1 heterocycles. The molecule has 5 heteroatoms. The van der Waals surface area contributed by atoms with Crippen LogP contribution in [0.1, 0.15) is 5.56 Å². The van der Waals surface area contributed by atoms with Gasteiger partial charge >= 0.3 is 5.76 Å². The summed E-state index contributed by atoms with van der Waals surface area (Å²) in [4.78, 5) is 12.4. The fourth-order valence-corrected chi connectivity index (χ4v) is 2.33. The molecule has 3 rings (SSSR count). The van der Waals surface area contributed by atoms with Crippen molar-refractivity contribution < 1.29 is 9.15 Å². The second-order valence-corrected chi connectivity index (χ2v) is 4.59. The first kappa shape index (κ1) is 12.6. The summed E-state index contributed by atoms with van der Waals surface area (Å²) in [6.07, 6.45) is 0. The molecule has 0 N–H and O–H groups in total. The van der Waals surface area contributed by atoms with Gasteiger partial charge in [-0.05, 0) is 36.4 Å². The van der Waals surface area contributed by atoms with Gasteiger partial charge in [0, 0.05) is 5.56 Å². The Morgan fingerprint density at radius 3 is 2.55 bits per heavy atom. The Morgan fingerprint density at radius 1 is 1.15 bits per heavy atom. The van der Waals surface area contributed by atoms with Crippen molar-refractivity contribution >= 4 is 28.3 Å². The van der Waals surface area contributed by atoms with Crippen molar-refractivity contribution in [3.63, 3.8) is 0 Å². The van der Waals surface area contributed by atoms with Crippen molar-refractivity contribution in [3.05, 3.63) is 64.6 Å². The lowest BCUT2D eigenvalue weighted by molar-refractivity contribution is 0.415. The van der Waals surface area contributed by atoms with Gasteiger partial charge in [0.2, 0.25) is 0 Å². The van der Waals surface area contributed by atoms with Crippen LogP contribution in [0.2, 0.25) is 0 Å². The molecule has 0 unspecified atom stereocenters. The molecular weight excluding hydrogens is 274 g/mol. The number of para-hydroxylation sites is 2. The summed E-state index contributed by atoms with van der Waals surface area (Å²) < 4.78 is 11.7. The van der Waals surface area contributed by atoms with Gasteiger partial charge in [-0.1, -0.05) is 24.4 Å². The third-order valence-electron chi connectivity index (χ3n) is 3.03. The number of ether oxygens (including phenoxy) is 1. The topological polar surface area (TPSA) is 44.4 Å². The van der Waals surface area contributed by atoms with E-state index >= 15 is 0 Å². The number of fused-ring (bicyclic) bond motifs is 1. The first-order chi connectivity index (χ1) is 9.70. The molecule has 0 radical (unpaired) electrons. The summed E-state index contributed by atoms with van der Waals surface area (Å²) in [7, 11) is 1.60. The minimum absolute atomic E-state index is 0.405. The smallest absolute Gasteiger partial charge is 0.425 e. The molecule has 100 valence electrons. The zero-order valence-corrected chi connectivity index (χ0v) is 11.5. The normalized spacial score (nSPS) is 10.7. The van der Waals surface area contributed by atoms with Crippen LogP contribution in [0.15, 0.2) is 57.7 Å². The van der Waals surface area contributed by atoms with E-state index in [4.69, 9.17) is 21.4 Å². The van der Waals surface area contributed by atoms with E-state index in [0.717, 1.165) is 11.3 Å². The van der Waals surface area contributed by atoms with Crippen LogP contribution in [-0.4, -0.2) is 16.7 Å². The molecule has 4 nitrogen and oxygen atoms in total. The highest BCUT2D eigenvalue weighted by molar-refractivity contribution is 7.80. The molecule has 0 aliphatic carbocycles.